The van der Waals surface area contributed by atoms with Crippen molar-refractivity contribution < 1.29 is 22.8 Å². The lowest BCUT2D eigenvalue weighted by Gasteiger charge is -2.28. The lowest BCUT2D eigenvalue weighted by molar-refractivity contribution is -0.138. The summed E-state index contributed by atoms with van der Waals surface area (Å²) in [5.41, 5.74) is -2.04. The zero-order chi connectivity index (χ0) is 20.1. The number of nitrogens with zero attached hydrogens (tertiary/aromatic N) is 2. The third-order valence-corrected chi connectivity index (χ3v) is 5.93. The molecule has 0 bridgehead atoms. The number of aryl methyl sites for hydroxylation is 1. The quantitative estimate of drug-likeness (QED) is 0.529. The first-order chi connectivity index (χ1) is 13.2. The molecule has 148 valence electrons. The number of amides is 1. The highest BCUT2D eigenvalue weighted by Gasteiger charge is 2.59. The smallest absolute Gasteiger partial charge is 0.333 e. The van der Waals surface area contributed by atoms with Crippen LogP contribution < -0.4 is 15.6 Å². The van der Waals surface area contributed by atoms with Gasteiger partial charge in [0.2, 0.25) is 11.6 Å². The Morgan fingerprint density at radius 1 is 1.21 bits per heavy atom. The number of carbonyl (C=O) groups excluding carboxylic acids is 1. The summed E-state index contributed by atoms with van der Waals surface area (Å²) in [6.45, 7) is 0. The maximum atomic E-state index is 14.1. The molecule has 1 amide bonds. The fourth-order valence-electron chi connectivity index (χ4n) is 3.47. The average Bonchev–Trinajstić information content (AvgIpc) is 2.82. The molecule has 28 heavy (non-hydrogen) atoms. The van der Waals surface area contributed by atoms with Crippen LogP contribution >= 0.6 is 0 Å². The van der Waals surface area contributed by atoms with Gasteiger partial charge in [0, 0.05) is 11.1 Å². The van der Waals surface area contributed by atoms with Crippen LogP contribution in [0, 0.1) is 0 Å². The van der Waals surface area contributed by atoms with Gasteiger partial charge in [-0.15, -0.1) is 0 Å². The Morgan fingerprint density at radius 2 is 1.93 bits per heavy atom. The van der Waals surface area contributed by atoms with Crippen molar-refractivity contribution in [2.45, 2.75) is 31.3 Å². The van der Waals surface area contributed by atoms with Gasteiger partial charge < -0.3 is 10.4 Å². The Labute approximate surface area is 158 Å². The van der Waals surface area contributed by atoms with Gasteiger partial charge >= 0.3 is 16.1 Å². The Hall–Kier alpha value is -2.99. The summed E-state index contributed by atoms with van der Waals surface area (Å²) in [4.78, 5) is 31.7. The van der Waals surface area contributed by atoms with Crippen LogP contribution in [0.3, 0.4) is 0 Å². The molecule has 1 fully saturated rings. The van der Waals surface area contributed by atoms with Crippen LogP contribution in [0.5, 0.6) is 5.75 Å². The number of fused-ring (bicyclic) bond motifs is 1. The minimum Gasteiger partial charge on any atom is -0.508 e. The Morgan fingerprint density at radius 3 is 2.61 bits per heavy atom. The van der Waals surface area contributed by atoms with Gasteiger partial charge in [-0.3, -0.25) is 14.6 Å². The number of phenolic OH excluding ortho intramolecular Hbond substituents is 1. The molecular formula is C16H16FN5O5S. The lowest BCUT2D eigenvalue weighted by Crippen LogP contribution is -2.51. The predicted octanol–water partition coefficient (Wildman–Crippen LogP) is 0.180. The van der Waals surface area contributed by atoms with E-state index in [1.54, 1.807) is 0 Å². The molecule has 1 aromatic carbocycles. The lowest BCUT2D eigenvalue weighted by atomic mass is 9.97. The third-order valence-electron chi connectivity index (χ3n) is 4.78. The molecule has 2 heterocycles. The van der Waals surface area contributed by atoms with Crippen molar-refractivity contribution in [2.75, 3.05) is 5.32 Å². The van der Waals surface area contributed by atoms with Crippen molar-refractivity contribution in [1.29, 1.82) is 0 Å². The number of aromatic nitrogens is 2. The van der Waals surface area contributed by atoms with Crippen LogP contribution in [0.1, 0.15) is 29.7 Å². The fraction of sp³-hybridized carbons (Fsp3) is 0.312. The molecule has 1 atom stereocenters. The zero-order valence-electron chi connectivity index (χ0n) is 14.4. The highest BCUT2D eigenvalue weighted by molar-refractivity contribution is 7.88. The maximum Gasteiger partial charge on any atom is 0.333 e. The van der Waals surface area contributed by atoms with E-state index in [2.05, 4.69) is 15.3 Å². The van der Waals surface area contributed by atoms with E-state index in [1.165, 1.54) is 24.3 Å². The van der Waals surface area contributed by atoms with Crippen molar-refractivity contribution in [3.63, 3.8) is 0 Å². The number of aromatic hydroxyl groups is 1. The van der Waals surface area contributed by atoms with E-state index in [0.29, 0.717) is 24.1 Å². The predicted molar refractivity (Wildman–Crippen MR) is 94.9 cm³/mol. The third kappa shape index (κ3) is 2.72. The number of para-hydroxylation sites is 1. The SMILES string of the molecule is O=C1N(F)S(=O)(=O)NC1(Nc1nc2c(c(=O)[nH]1)CCCC2)c1ccccc1O. The van der Waals surface area contributed by atoms with E-state index in [1.807, 2.05) is 4.72 Å². The van der Waals surface area contributed by atoms with Crippen LogP contribution in [-0.2, 0) is 33.5 Å². The molecule has 1 aliphatic carbocycles. The number of halogens is 1. The first-order valence-electron chi connectivity index (χ1n) is 8.48. The summed E-state index contributed by atoms with van der Waals surface area (Å²) in [7, 11) is -4.82. The van der Waals surface area contributed by atoms with Crippen molar-refractivity contribution in [2.24, 2.45) is 0 Å². The Bertz CT molecular complexity index is 1130. The minimum atomic E-state index is -4.82. The maximum absolute atomic E-state index is 14.1. The molecule has 0 radical (unpaired) electrons. The Balaban J connectivity index is 1.87. The normalized spacial score (nSPS) is 23.5. The number of nitrogens with one attached hydrogen (secondary N) is 3. The molecular weight excluding hydrogens is 393 g/mol. The topological polar surface area (TPSA) is 144 Å². The minimum absolute atomic E-state index is 0.222. The van der Waals surface area contributed by atoms with Gasteiger partial charge in [0.25, 0.3) is 5.56 Å². The van der Waals surface area contributed by atoms with E-state index in [9.17, 15) is 27.6 Å². The van der Waals surface area contributed by atoms with Crippen LogP contribution in [0.15, 0.2) is 29.1 Å². The molecule has 1 unspecified atom stereocenters. The number of benzene rings is 1. The number of carbonyl (C=O) groups is 1. The first kappa shape index (κ1) is 18.4. The first-order valence-corrected chi connectivity index (χ1v) is 9.92. The Kier molecular flexibility index (Phi) is 4.12. The molecule has 10 nitrogen and oxygen atoms in total. The van der Waals surface area contributed by atoms with Crippen molar-refractivity contribution in [1.82, 2.24) is 19.2 Å². The number of H-pyrrole nitrogens is 1. The van der Waals surface area contributed by atoms with E-state index in [0.717, 1.165) is 12.8 Å². The van der Waals surface area contributed by atoms with Gasteiger partial charge in [-0.1, -0.05) is 22.7 Å². The van der Waals surface area contributed by atoms with E-state index >= 15 is 0 Å². The van der Waals surface area contributed by atoms with Gasteiger partial charge in [0.05, 0.1) is 5.69 Å². The molecule has 0 saturated carbocycles. The van der Waals surface area contributed by atoms with Gasteiger partial charge in [0.15, 0.2) is 0 Å². The van der Waals surface area contributed by atoms with Gasteiger partial charge in [-0.25, -0.2) is 4.98 Å². The van der Waals surface area contributed by atoms with Crippen LogP contribution in [0.4, 0.5) is 10.4 Å². The summed E-state index contributed by atoms with van der Waals surface area (Å²) in [6, 6.07) is 5.35. The van der Waals surface area contributed by atoms with Gasteiger partial charge in [0.1, 0.15) is 5.75 Å². The fourth-order valence-corrected chi connectivity index (χ4v) is 4.54. The zero-order valence-corrected chi connectivity index (χ0v) is 15.2. The van der Waals surface area contributed by atoms with Crippen LogP contribution in [0.2, 0.25) is 0 Å². The molecule has 12 heteroatoms. The van der Waals surface area contributed by atoms with E-state index in [4.69, 9.17) is 0 Å². The van der Waals surface area contributed by atoms with Crippen LogP contribution in [-0.4, -0.2) is 33.9 Å². The molecule has 2 aliphatic rings. The van der Waals surface area contributed by atoms with Gasteiger partial charge in [-0.05, 0) is 36.3 Å². The largest absolute Gasteiger partial charge is 0.508 e. The molecule has 0 spiro atoms. The number of hydrogen-bond donors (Lipinski definition) is 4. The molecule has 2 aromatic rings. The number of rotatable bonds is 3. The monoisotopic (exact) mass is 409 g/mol. The van der Waals surface area contributed by atoms with Crippen LogP contribution in [0.25, 0.3) is 0 Å². The van der Waals surface area contributed by atoms with E-state index in [-0.39, 0.29) is 11.5 Å². The van der Waals surface area contributed by atoms with Crippen molar-refractivity contribution >= 4 is 22.1 Å². The molecule has 4 N–H and O–H groups in total. The summed E-state index contributed by atoms with van der Waals surface area (Å²) in [5, 5.41) is 12.7. The molecule has 4 rings (SSSR count). The number of aromatic amines is 1. The average molecular weight is 409 g/mol. The summed E-state index contributed by atoms with van der Waals surface area (Å²) in [6.07, 6.45) is 2.79. The van der Waals surface area contributed by atoms with E-state index < -0.39 is 37.6 Å². The highest BCUT2D eigenvalue weighted by Crippen LogP contribution is 2.37. The van der Waals surface area contributed by atoms with Crippen molar-refractivity contribution in [3.8, 4) is 5.75 Å². The highest BCUT2D eigenvalue weighted by atomic mass is 32.2. The number of phenols is 1. The second kappa shape index (κ2) is 6.27. The standard InChI is InChI=1S/C16H16FN5O5S/c17-22-14(25)16(21-28(22,26)27,10-6-2-4-8-12(10)23)20-15-18-11-7-3-1-5-9(11)13(24)19-15/h2,4,6,8,21,23H,1,3,5,7H2,(H2,18,19,20,24). The molecule has 1 aromatic heterocycles. The second-order valence-corrected chi connectivity index (χ2v) is 8.04. The number of anilines is 1. The molecule has 1 aliphatic heterocycles. The number of hydrogen-bond acceptors (Lipinski definition) is 7. The second-order valence-electron chi connectivity index (χ2n) is 6.57. The molecule has 1 saturated heterocycles. The van der Waals surface area contributed by atoms with Gasteiger partial charge in [-0.2, -0.15) is 13.1 Å². The summed E-state index contributed by atoms with van der Waals surface area (Å²) >= 11 is 0. The van der Waals surface area contributed by atoms with Crippen molar-refractivity contribution in [3.05, 3.63) is 51.4 Å². The summed E-state index contributed by atoms with van der Waals surface area (Å²) < 4.78 is 38.9. The summed E-state index contributed by atoms with van der Waals surface area (Å²) in [5.74, 6) is -2.21.